The number of hydrogen-bond acceptors (Lipinski definition) is 4. The molecule has 0 atom stereocenters. The minimum Gasteiger partial charge on any atom is -0.486 e. The Morgan fingerprint density at radius 2 is 1.86 bits per heavy atom. The summed E-state index contributed by atoms with van der Waals surface area (Å²) in [4.78, 5) is 11.9. The Hall–Kier alpha value is -2.40. The van der Waals surface area contributed by atoms with Gasteiger partial charge in [-0.15, -0.1) is 0 Å². The number of halogens is 1. The highest BCUT2D eigenvalue weighted by molar-refractivity contribution is 6.30. The first kappa shape index (κ1) is 14.5. The molecular formula is C16H15ClN2O3. The Kier molecular flexibility index (Phi) is 4.34. The molecule has 0 bridgehead atoms. The molecule has 6 heteroatoms. The summed E-state index contributed by atoms with van der Waals surface area (Å²) >= 11 is 5.88. The molecule has 0 radical (unpaired) electrons. The average Bonchev–Trinajstić information content (AvgIpc) is 2.53. The molecule has 114 valence electrons. The van der Waals surface area contributed by atoms with Crippen LogP contribution in [0.15, 0.2) is 42.5 Å². The number of hydrogen-bond donors (Lipinski definition) is 2. The van der Waals surface area contributed by atoms with E-state index in [1.807, 2.05) is 18.2 Å². The van der Waals surface area contributed by atoms with Crippen LogP contribution >= 0.6 is 11.6 Å². The van der Waals surface area contributed by atoms with Gasteiger partial charge in [0.25, 0.3) is 0 Å². The highest BCUT2D eigenvalue weighted by atomic mass is 35.5. The quantitative estimate of drug-likeness (QED) is 0.909. The summed E-state index contributed by atoms with van der Waals surface area (Å²) in [6.45, 7) is 1.24. The molecule has 5 nitrogen and oxygen atoms in total. The van der Waals surface area contributed by atoms with Gasteiger partial charge in [0.1, 0.15) is 13.2 Å². The Morgan fingerprint density at radius 1 is 1.05 bits per heavy atom. The maximum atomic E-state index is 11.9. The summed E-state index contributed by atoms with van der Waals surface area (Å²) < 4.78 is 10.9. The predicted octanol–water partition coefficient (Wildman–Crippen LogP) is 3.16. The Morgan fingerprint density at radius 3 is 2.68 bits per heavy atom. The van der Waals surface area contributed by atoms with Gasteiger partial charge in [-0.2, -0.15) is 0 Å². The van der Waals surface area contributed by atoms with Crippen LogP contribution in [0, 0.1) is 0 Å². The van der Waals surface area contributed by atoms with E-state index in [2.05, 4.69) is 10.6 Å². The molecule has 2 N–H and O–H groups in total. The number of amides is 1. The van der Waals surface area contributed by atoms with Crippen LogP contribution in [0.3, 0.4) is 0 Å². The van der Waals surface area contributed by atoms with Gasteiger partial charge in [0.15, 0.2) is 11.5 Å². The fourth-order valence-corrected chi connectivity index (χ4v) is 2.30. The van der Waals surface area contributed by atoms with Crippen molar-refractivity contribution in [2.75, 3.05) is 30.4 Å². The summed E-state index contributed by atoms with van der Waals surface area (Å²) in [5.74, 6) is 1.25. The van der Waals surface area contributed by atoms with Crippen molar-refractivity contribution in [2.45, 2.75) is 0 Å². The highest BCUT2D eigenvalue weighted by Crippen LogP contribution is 2.32. The maximum absolute atomic E-state index is 11.9. The zero-order chi connectivity index (χ0) is 15.4. The molecule has 2 aromatic carbocycles. The maximum Gasteiger partial charge on any atom is 0.243 e. The number of nitrogens with one attached hydrogen (secondary N) is 2. The van der Waals surface area contributed by atoms with Crippen LogP contribution in [0.2, 0.25) is 5.02 Å². The van der Waals surface area contributed by atoms with Crippen molar-refractivity contribution in [3.63, 3.8) is 0 Å². The molecule has 1 aliphatic rings. The minimum absolute atomic E-state index is 0.145. The fourth-order valence-electron chi connectivity index (χ4n) is 2.11. The number of fused-ring (bicyclic) bond motifs is 1. The predicted molar refractivity (Wildman–Crippen MR) is 86.0 cm³/mol. The van der Waals surface area contributed by atoms with E-state index in [4.69, 9.17) is 21.1 Å². The monoisotopic (exact) mass is 318 g/mol. The highest BCUT2D eigenvalue weighted by Gasteiger charge is 2.12. The lowest BCUT2D eigenvalue weighted by Crippen LogP contribution is -2.22. The van der Waals surface area contributed by atoms with Gasteiger partial charge in [-0.3, -0.25) is 4.79 Å². The first-order chi connectivity index (χ1) is 10.7. The summed E-state index contributed by atoms with van der Waals surface area (Å²) in [5.41, 5.74) is 1.46. The van der Waals surface area contributed by atoms with Gasteiger partial charge < -0.3 is 20.1 Å². The first-order valence-corrected chi connectivity index (χ1v) is 7.27. The van der Waals surface area contributed by atoms with Crippen molar-refractivity contribution < 1.29 is 14.3 Å². The van der Waals surface area contributed by atoms with Crippen molar-refractivity contribution >= 4 is 28.9 Å². The van der Waals surface area contributed by atoms with Gasteiger partial charge in [0.05, 0.1) is 6.54 Å². The van der Waals surface area contributed by atoms with Crippen LogP contribution in [0.4, 0.5) is 11.4 Å². The molecule has 3 rings (SSSR count). The van der Waals surface area contributed by atoms with E-state index < -0.39 is 0 Å². The molecule has 0 spiro atoms. The molecule has 0 aromatic heterocycles. The van der Waals surface area contributed by atoms with E-state index in [9.17, 15) is 4.79 Å². The smallest absolute Gasteiger partial charge is 0.243 e. The van der Waals surface area contributed by atoms with Crippen LogP contribution in [0.1, 0.15) is 0 Å². The van der Waals surface area contributed by atoms with Gasteiger partial charge in [-0.1, -0.05) is 17.7 Å². The van der Waals surface area contributed by atoms with Gasteiger partial charge in [0, 0.05) is 22.5 Å². The van der Waals surface area contributed by atoms with Crippen LogP contribution < -0.4 is 20.1 Å². The second kappa shape index (κ2) is 6.58. The molecule has 22 heavy (non-hydrogen) atoms. The van der Waals surface area contributed by atoms with Crippen LogP contribution in [0.25, 0.3) is 0 Å². The van der Waals surface area contributed by atoms with Crippen molar-refractivity contribution in [1.82, 2.24) is 0 Å². The third-order valence-electron chi connectivity index (χ3n) is 3.10. The summed E-state index contributed by atoms with van der Waals surface area (Å²) in [6.07, 6.45) is 0. The SMILES string of the molecule is O=C(CNc1ccc2c(c1)OCCO2)Nc1cccc(Cl)c1. The standard InChI is InChI=1S/C16H15ClN2O3/c17-11-2-1-3-13(8-11)19-16(20)10-18-12-4-5-14-15(9-12)22-7-6-21-14/h1-5,8-9,18H,6-7,10H2,(H,19,20). The lowest BCUT2D eigenvalue weighted by atomic mass is 10.2. The van der Waals surface area contributed by atoms with Crippen molar-refractivity contribution in [2.24, 2.45) is 0 Å². The summed E-state index contributed by atoms with van der Waals surface area (Å²) in [7, 11) is 0. The van der Waals surface area contributed by atoms with E-state index in [0.29, 0.717) is 29.7 Å². The molecule has 0 fully saturated rings. The van der Waals surface area contributed by atoms with Gasteiger partial charge in [0.2, 0.25) is 5.91 Å². The topological polar surface area (TPSA) is 59.6 Å². The number of benzene rings is 2. The number of carbonyl (C=O) groups excluding carboxylic acids is 1. The lowest BCUT2D eigenvalue weighted by Gasteiger charge is -2.19. The Balaban J connectivity index is 1.57. The Labute approximate surface area is 133 Å². The number of carbonyl (C=O) groups is 1. The zero-order valence-electron chi connectivity index (χ0n) is 11.8. The molecule has 1 amide bonds. The number of ether oxygens (including phenoxy) is 2. The first-order valence-electron chi connectivity index (χ1n) is 6.90. The van der Waals surface area contributed by atoms with Crippen LogP contribution in [-0.2, 0) is 4.79 Å². The minimum atomic E-state index is -0.155. The second-order valence-corrected chi connectivity index (χ2v) is 5.21. The third kappa shape index (κ3) is 3.62. The van der Waals surface area contributed by atoms with Crippen molar-refractivity contribution in [1.29, 1.82) is 0 Å². The normalized spacial score (nSPS) is 12.6. The molecule has 0 unspecified atom stereocenters. The van der Waals surface area contributed by atoms with E-state index in [1.54, 1.807) is 24.3 Å². The zero-order valence-corrected chi connectivity index (χ0v) is 12.5. The van der Waals surface area contributed by atoms with Crippen molar-refractivity contribution in [3.05, 3.63) is 47.5 Å². The number of rotatable bonds is 4. The third-order valence-corrected chi connectivity index (χ3v) is 3.34. The van der Waals surface area contributed by atoms with Crippen LogP contribution in [0.5, 0.6) is 11.5 Å². The molecular weight excluding hydrogens is 304 g/mol. The summed E-state index contributed by atoms with van der Waals surface area (Å²) in [6, 6.07) is 12.5. The van der Waals surface area contributed by atoms with Gasteiger partial charge >= 0.3 is 0 Å². The summed E-state index contributed by atoms with van der Waals surface area (Å²) in [5, 5.41) is 6.40. The molecule has 0 saturated heterocycles. The second-order valence-electron chi connectivity index (χ2n) is 4.77. The molecule has 0 saturated carbocycles. The average molecular weight is 319 g/mol. The van der Waals surface area contributed by atoms with Gasteiger partial charge in [-0.25, -0.2) is 0 Å². The van der Waals surface area contributed by atoms with Crippen molar-refractivity contribution in [3.8, 4) is 11.5 Å². The Bertz CT molecular complexity index is 691. The molecule has 2 aromatic rings. The fraction of sp³-hybridized carbons (Fsp3) is 0.188. The van der Waals surface area contributed by atoms with E-state index in [1.165, 1.54) is 0 Å². The van der Waals surface area contributed by atoms with E-state index >= 15 is 0 Å². The van der Waals surface area contributed by atoms with E-state index in [0.717, 1.165) is 11.4 Å². The van der Waals surface area contributed by atoms with Crippen LogP contribution in [-0.4, -0.2) is 25.7 Å². The number of anilines is 2. The van der Waals surface area contributed by atoms with E-state index in [-0.39, 0.29) is 12.5 Å². The largest absolute Gasteiger partial charge is 0.486 e. The lowest BCUT2D eigenvalue weighted by molar-refractivity contribution is -0.114. The molecule has 1 heterocycles. The van der Waals surface area contributed by atoms with Gasteiger partial charge in [-0.05, 0) is 30.3 Å². The molecule has 1 aliphatic heterocycles. The molecule has 0 aliphatic carbocycles.